The van der Waals surface area contributed by atoms with Gasteiger partial charge in [0.15, 0.2) is 0 Å². The zero-order chi connectivity index (χ0) is 16.1. The number of hydrogen-bond donors (Lipinski definition) is 1. The number of aromatic nitrogens is 2. The van der Waals surface area contributed by atoms with Gasteiger partial charge in [0.25, 0.3) is 5.91 Å². The van der Waals surface area contributed by atoms with Crippen molar-refractivity contribution in [2.24, 2.45) is 0 Å². The molecule has 0 saturated heterocycles. The molecule has 0 spiro atoms. The summed E-state index contributed by atoms with van der Waals surface area (Å²) < 4.78 is 5.41. The molecule has 23 heavy (non-hydrogen) atoms. The third-order valence-electron chi connectivity index (χ3n) is 3.81. The summed E-state index contributed by atoms with van der Waals surface area (Å²) in [4.78, 5) is 20.6. The molecule has 120 valence electrons. The fourth-order valence-corrected chi connectivity index (χ4v) is 2.35. The zero-order valence-corrected chi connectivity index (χ0v) is 13.3. The van der Waals surface area contributed by atoms with Gasteiger partial charge in [0.05, 0.1) is 12.2 Å². The number of nitrogens with zero attached hydrogens (tertiary/aromatic N) is 2. The molecule has 1 aliphatic rings. The molecule has 0 unspecified atom stereocenters. The Balaban J connectivity index is 1.46. The number of ether oxygens (including phenoxy) is 1. The molecule has 1 aliphatic carbocycles. The smallest absolute Gasteiger partial charge is 0.254 e. The number of rotatable bonds is 7. The molecular weight excluding hydrogens is 290 g/mol. The lowest BCUT2D eigenvalue weighted by Crippen LogP contribution is -2.26. The third-order valence-corrected chi connectivity index (χ3v) is 3.81. The number of carbonyl (C=O) groups excluding carboxylic acids is 1. The molecule has 0 aliphatic heterocycles. The fourth-order valence-electron chi connectivity index (χ4n) is 2.35. The Morgan fingerprint density at radius 1 is 1.22 bits per heavy atom. The van der Waals surface area contributed by atoms with Gasteiger partial charge in [-0.1, -0.05) is 12.1 Å². The minimum atomic E-state index is -0.127. The van der Waals surface area contributed by atoms with Crippen molar-refractivity contribution >= 4 is 5.91 Å². The largest absolute Gasteiger partial charge is 0.494 e. The van der Waals surface area contributed by atoms with E-state index in [1.165, 1.54) is 0 Å². The van der Waals surface area contributed by atoms with Gasteiger partial charge in [-0.15, -0.1) is 0 Å². The number of benzene rings is 1. The summed E-state index contributed by atoms with van der Waals surface area (Å²) in [7, 11) is 0. The summed E-state index contributed by atoms with van der Waals surface area (Å²) >= 11 is 0. The highest BCUT2D eigenvalue weighted by molar-refractivity contribution is 5.93. The van der Waals surface area contributed by atoms with Gasteiger partial charge < -0.3 is 10.1 Å². The average Bonchev–Trinajstić information content (AvgIpc) is 3.42. The quantitative estimate of drug-likeness (QED) is 0.854. The lowest BCUT2D eigenvalue weighted by molar-refractivity contribution is 0.0953. The molecular formula is C18H21N3O2. The van der Waals surface area contributed by atoms with E-state index < -0.39 is 0 Å². The van der Waals surface area contributed by atoms with Gasteiger partial charge in [-0.3, -0.25) is 4.79 Å². The maximum Gasteiger partial charge on any atom is 0.254 e. The van der Waals surface area contributed by atoms with E-state index in [9.17, 15) is 4.79 Å². The van der Waals surface area contributed by atoms with E-state index in [4.69, 9.17) is 4.74 Å². The molecule has 1 amide bonds. The van der Waals surface area contributed by atoms with Crippen molar-refractivity contribution < 1.29 is 9.53 Å². The topological polar surface area (TPSA) is 64.1 Å². The normalized spacial score (nSPS) is 13.6. The van der Waals surface area contributed by atoms with Gasteiger partial charge in [-0.05, 0) is 43.9 Å². The second-order valence-electron chi connectivity index (χ2n) is 5.69. The number of nitrogens with one attached hydrogen (secondary N) is 1. The molecule has 1 heterocycles. The third kappa shape index (κ3) is 4.28. The minimum absolute atomic E-state index is 0.127. The molecule has 1 fully saturated rings. The van der Waals surface area contributed by atoms with Gasteiger partial charge in [0, 0.05) is 24.9 Å². The van der Waals surface area contributed by atoms with Gasteiger partial charge in [0.2, 0.25) is 0 Å². The van der Waals surface area contributed by atoms with Crippen molar-refractivity contribution in [3.05, 3.63) is 53.6 Å². The molecule has 1 saturated carbocycles. The van der Waals surface area contributed by atoms with Crippen LogP contribution in [0.25, 0.3) is 0 Å². The van der Waals surface area contributed by atoms with Crippen LogP contribution in [0, 0.1) is 0 Å². The van der Waals surface area contributed by atoms with Gasteiger partial charge >= 0.3 is 0 Å². The van der Waals surface area contributed by atoms with Crippen LogP contribution in [0.15, 0.2) is 36.7 Å². The van der Waals surface area contributed by atoms with E-state index in [0.29, 0.717) is 24.6 Å². The summed E-state index contributed by atoms with van der Waals surface area (Å²) in [5.41, 5.74) is 1.68. The molecule has 0 bridgehead atoms. The first kappa shape index (κ1) is 15.5. The van der Waals surface area contributed by atoms with Crippen LogP contribution in [-0.4, -0.2) is 29.0 Å². The fraction of sp³-hybridized carbons (Fsp3) is 0.389. The Morgan fingerprint density at radius 3 is 2.52 bits per heavy atom. The van der Waals surface area contributed by atoms with E-state index in [0.717, 1.165) is 36.4 Å². The maximum absolute atomic E-state index is 12.1. The SMILES string of the molecule is CCOc1ccc(CCNC(=O)c2cnc(C3CC3)nc2)cc1. The number of amides is 1. The summed E-state index contributed by atoms with van der Waals surface area (Å²) in [6.45, 7) is 3.21. The van der Waals surface area contributed by atoms with E-state index in [2.05, 4.69) is 15.3 Å². The lowest BCUT2D eigenvalue weighted by atomic mass is 10.1. The monoisotopic (exact) mass is 311 g/mol. The van der Waals surface area contributed by atoms with Crippen molar-refractivity contribution in [1.82, 2.24) is 15.3 Å². The Kier molecular flexibility index (Phi) is 4.86. The van der Waals surface area contributed by atoms with Crippen LogP contribution in [0.1, 0.15) is 47.4 Å². The van der Waals surface area contributed by atoms with Crippen molar-refractivity contribution in [1.29, 1.82) is 0 Å². The van der Waals surface area contributed by atoms with E-state index >= 15 is 0 Å². The van der Waals surface area contributed by atoms with Gasteiger partial charge in [-0.2, -0.15) is 0 Å². The molecule has 3 rings (SSSR count). The van der Waals surface area contributed by atoms with Crippen molar-refractivity contribution in [2.45, 2.75) is 32.1 Å². The van der Waals surface area contributed by atoms with Crippen molar-refractivity contribution in [3.8, 4) is 5.75 Å². The van der Waals surface area contributed by atoms with Crippen LogP contribution < -0.4 is 10.1 Å². The highest BCUT2D eigenvalue weighted by Crippen LogP contribution is 2.37. The average molecular weight is 311 g/mol. The summed E-state index contributed by atoms with van der Waals surface area (Å²) in [5.74, 6) is 2.11. The van der Waals surface area contributed by atoms with E-state index in [1.807, 2.05) is 31.2 Å². The van der Waals surface area contributed by atoms with Crippen LogP contribution in [0.5, 0.6) is 5.75 Å². The summed E-state index contributed by atoms with van der Waals surface area (Å²) in [5, 5.41) is 2.90. The second kappa shape index (κ2) is 7.22. The van der Waals surface area contributed by atoms with Crippen LogP contribution in [0.2, 0.25) is 0 Å². The van der Waals surface area contributed by atoms with E-state index in [1.54, 1.807) is 12.4 Å². The van der Waals surface area contributed by atoms with Crippen LogP contribution >= 0.6 is 0 Å². The van der Waals surface area contributed by atoms with Gasteiger partial charge in [-0.25, -0.2) is 9.97 Å². The Hall–Kier alpha value is -2.43. The van der Waals surface area contributed by atoms with Crippen molar-refractivity contribution in [3.63, 3.8) is 0 Å². The molecule has 2 aromatic rings. The molecule has 0 atom stereocenters. The van der Waals surface area contributed by atoms with Gasteiger partial charge in [0.1, 0.15) is 11.6 Å². The standard InChI is InChI=1S/C18H21N3O2/c1-2-23-16-7-3-13(4-8-16)9-10-19-18(22)15-11-20-17(21-12-15)14-5-6-14/h3-4,7-8,11-12,14H,2,5-6,9-10H2,1H3,(H,19,22). The summed E-state index contributed by atoms with van der Waals surface area (Å²) in [6, 6.07) is 7.94. The summed E-state index contributed by atoms with van der Waals surface area (Å²) in [6.07, 6.45) is 6.33. The molecule has 5 heteroatoms. The first-order valence-electron chi connectivity index (χ1n) is 8.08. The van der Waals surface area contributed by atoms with Crippen LogP contribution in [0.4, 0.5) is 0 Å². The number of hydrogen-bond acceptors (Lipinski definition) is 4. The van der Waals surface area contributed by atoms with E-state index in [-0.39, 0.29) is 5.91 Å². The molecule has 1 aromatic heterocycles. The molecule has 1 aromatic carbocycles. The lowest BCUT2D eigenvalue weighted by Gasteiger charge is -2.07. The maximum atomic E-state index is 12.1. The minimum Gasteiger partial charge on any atom is -0.494 e. The Labute approximate surface area is 136 Å². The Bertz CT molecular complexity index is 649. The number of carbonyl (C=O) groups is 1. The predicted molar refractivity (Wildman–Crippen MR) is 87.7 cm³/mol. The van der Waals surface area contributed by atoms with Crippen LogP contribution in [-0.2, 0) is 6.42 Å². The second-order valence-corrected chi connectivity index (χ2v) is 5.69. The first-order chi connectivity index (χ1) is 11.3. The highest BCUT2D eigenvalue weighted by atomic mass is 16.5. The Morgan fingerprint density at radius 2 is 1.91 bits per heavy atom. The zero-order valence-electron chi connectivity index (χ0n) is 13.3. The molecule has 1 N–H and O–H groups in total. The molecule has 0 radical (unpaired) electrons. The van der Waals surface area contributed by atoms with Crippen molar-refractivity contribution in [2.75, 3.05) is 13.2 Å². The highest BCUT2D eigenvalue weighted by Gasteiger charge is 2.26. The first-order valence-corrected chi connectivity index (χ1v) is 8.08. The molecule has 5 nitrogen and oxygen atoms in total. The van der Waals surface area contributed by atoms with Crippen LogP contribution in [0.3, 0.4) is 0 Å². The predicted octanol–water partition coefficient (Wildman–Crippen LogP) is 2.73.